The van der Waals surface area contributed by atoms with Crippen LogP contribution in [0.4, 0.5) is 5.69 Å². The first-order valence-corrected chi connectivity index (χ1v) is 7.24. The van der Waals surface area contributed by atoms with E-state index < -0.39 is 0 Å². The van der Waals surface area contributed by atoms with E-state index in [4.69, 9.17) is 11.6 Å². The number of hydrogen-bond acceptors (Lipinski definition) is 3. The number of aromatic nitrogens is 1. The normalized spacial score (nSPS) is 28.1. The number of fused-ring (bicyclic) bond motifs is 1. The van der Waals surface area contributed by atoms with Crippen molar-refractivity contribution in [1.29, 1.82) is 0 Å². The average molecular weight is 266 g/mol. The van der Waals surface area contributed by atoms with Crippen LogP contribution in [0.1, 0.15) is 31.4 Å². The van der Waals surface area contributed by atoms with Crippen LogP contribution in [0, 0.1) is 6.92 Å². The zero-order valence-corrected chi connectivity index (χ0v) is 11.6. The molecule has 2 atom stereocenters. The minimum Gasteiger partial charge on any atom is -0.381 e. The van der Waals surface area contributed by atoms with E-state index in [1.807, 2.05) is 19.1 Å². The molecule has 3 nitrogen and oxygen atoms in total. The van der Waals surface area contributed by atoms with Crippen LogP contribution in [0.3, 0.4) is 0 Å². The predicted octanol–water partition coefficient (Wildman–Crippen LogP) is 3.08. The Hall–Kier alpha value is -0.800. The van der Waals surface area contributed by atoms with E-state index in [0.29, 0.717) is 11.2 Å². The van der Waals surface area contributed by atoms with Crippen LogP contribution >= 0.6 is 11.6 Å². The van der Waals surface area contributed by atoms with Gasteiger partial charge in [-0.05, 0) is 51.3 Å². The molecule has 98 valence electrons. The lowest BCUT2D eigenvalue weighted by atomic mass is 9.97. The highest BCUT2D eigenvalue weighted by molar-refractivity contribution is 6.29. The van der Waals surface area contributed by atoms with Gasteiger partial charge in [-0.25, -0.2) is 4.98 Å². The monoisotopic (exact) mass is 265 g/mol. The number of hydrogen-bond donors (Lipinski definition) is 1. The van der Waals surface area contributed by atoms with Crippen molar-refractivity contribution in [3.05, 3.63) is 23.0 Å². The van der Waals surface area contributed by atoms with Crippen LogP contribution in [-0.2, 0) is 0 Å². The molecule has 2 aliphatic rings. The van der Waals surface area contributed by atoms with Gasteiger partial charge in [-0.15, -0.1) is 0 Å². The molecule has 18 heavy (non-hydrogen) atoms. The highest BCUT2D eigenvalue weighted by Gasteiger charge is 2.31. The summed E-state index contributed by atoms with van der Waals surface area (Å²) < 4.78 is 0. The fraction of sp³-hybridized carbons (Fsp3) is 0.643. The van der Waals surface area contributed by atoms with Crippen molar-refractivity contribution in [3.63, 3.8) is 0 Å². The summed E-state index contributed by atoms with van der Waals surface area (Å²) in [6, 6.07) is 5.30. The Morgan fingerprint density at radius 1 is 1.33 bits per heavy atom. The van der Waals surface area contributed by atoms with Crippen LogP contribution in [0.2, 0.25) is 5.15 Å². The first-order chi connectivity index (χ1) is 8.72. The fourth-order valence-electron chi connectivity index (χ4n) is 3.26. The Kier molecular flexibility index (Phi) is 3.44. The number of halogens is 1. The van der Waals surface area contributed by atoms with Crippen molar-refractivity contribution in [3.8, 4) is 0 Å². The topological polar surface area (TPSA) is 28.2 Å². The minimum absolute atomic E-state index is 0.573. The molecule has 0 aromatic carbocycles. The molecule has 3 heterocycles. The molecule has 1 aromatic rings. The summed E-state index contributed by atoms with van der Waals surface area (Å²) in [6.07, 6.45) is 5.25. The van der Waals surface area contributed by atoms with Crippen molar-refractivity contribution < 1.29 is 0 Å². The Bertz CT molecular complexity index is 435. The second kappa shape index (κ2) is 5.06. The lowest BCUT2D eigenvalue weighted by Crippen LogP contribution is -2.42. The van der Waals surface area contributed by atoms with Gasteiger partial charge in [-0.1, -0.05) is 11.6 Å². The van der Waals surface area contributed by atoms with Gasteiger partial charge in [-0.3, -0.25) is 0 Å². The third kappa shape index (κ3) is 2.47. The molecule has 0 saturated carbocycles. The maximum Gasteiger partial charge on any atom is 0.129 e. The summed E-state index contributed by atoms with van der Waals surface area (Å²) in [7, 11) is 0. The molecule has 4 heteroatoms. The van der Waals surface area contributed by atoms with E-state index in [2.05, 4.69) is 15.2 Å². The molecule has 1 N–H and O–H groups in total. The van der Waals surface area contributed by atoms with E-state index in [1.165, 1.54) is 38.8 Å². The van der Waals surface area contributed by atoms with Crippen molar-refractivity contribution in [2.75, 3.05) is 18.4 Å². The summed E-state index contributed by atoms with van der Waals surface area (Å²) in [4.78, 5) is 6.94. The van der Waals surface area contributed by atoms with Crippen molar-refractivity contribution in [2.24, 2.45) is 0 Å². The van der Waals surface area contributed by atoms with E-state index in [1.54, 1.807) is 0 Å². The van der Waals surface area contributed by atoms with Crippen molar-refractivity contribution in [1.82, 2.24) is 9.88 Å². The molecule has 0 spiro atoms. The van der Waals surface area contributed by atoms with E-state index >= 15 is 0 Å². The number of piperidine rings is 1. The number of rotatable bonds is 2. The molecule has 2 unspecified atom stereocenters. The molecule has 3 rings (SSSR count). The molecule has 2 fully saturated rings. The van der Waals surface area contributed by atoms with Gasteiger partial charge in [-0.2, -0.15) is 0 Å². The Labute approximate surface area is 114 Å². The maximum absolute atomic E-state index is 5.89. The Morgan fingerprint density at radius 2 is 2.22 bits per heavy atom. The number of anilines is 1. The van der Waals surface area contributed by atoms with Gasteiger partial charge >= 0.3 is 0 Å². The smallest absolute Gasteiger partial charge is 0.129 e. The van der Waals surface area contributed by atoms with E-state index in [0.717, 1.165) is 17.4 Å². The van der Waals surface area contributed by atoms with Gasteiger partial charge in [0, 0.05) is 18.6 Å². The quantitative estimate of drug-likeness (QED) is 0.833. The van der Waals surface area contributed by atoms with Crippen LogP contribution in [-0.4, -0.2) is 35.1 Å². The van der Waals surface area contributed by atoms with Crippen LogP contribution in [0.15, 0.2) is 12.1 Å². The molecule has 0 radical (unpaired) electrons. The first kappa shape index (κ1) is 12.2. The highest BCUT2D eigenvalue weighted by atomic mass is 35.5. The molecule has 0 aliphatic carbocycles. The van der Waals surface area contributed by atoms with E-state index in [9.17, 15) is 0 Å². The lowest BCUT2D eigenvalue weighted by molar-refractivity contribution is 0.188. The van der Waals surface area contributed by atoms with Gasteiger partial charge in [0.05, 0.1) is 11.4 Å². The first-order valence-electron chi connectivity index (χ1n) is 6.86. The Morgan fingerprint density at radius 3 is 3.06 bits per heavy atom. The number of nitrogens with zero attached hydrogens (tertiary/aromatic N) is 2. The summed E-state index contributed by atoms with van der Waals surface area (Å²) in [6.45, 7) is 4.56. The summed E-state index contributed by atoms with van der Waals surface area (Å²) in [5.41, 5.74) is 2.13. The van der Waals surface area contributed by atoms with Crippen LogP contribution < -0.4 is 5.32 Å². The zero-order chi connectivity index (χ0) is 12.5. The zero-order valence-electron chi connectivity index (χ0n) is 10.8. The fourth-order valence-corrected chi connectivity index (χ4v) is 3.45. The standard InChI is InChI=1S/C14H20ClN3/c1-10-13(4-5-14(15)16-10)17-11-6-8-18-7-2-3-12(18)9-11/h4-5,11-12,17H,2-3,6-9H2,1H3. The number of pyridine rings is 1. The molecular weight excluding hydrogens is 246 g/mol. The van der Waals surface area contributed by atoms with Crippen molar-refractivity contribution in [2.45, 2.75) is 44.7 Å². The molecule has 1 aromatic heterocycles. The molecular formula is C14H20ClN3. The van der Waals surface area contributed by atoms with Gasteiger partial charge < -0.3 is 10.2 Å². The Balaban J connectivity index is 1.66. The SMILES string of the molecule is Cc1nc(Cl)ccc1NC1CCN2CCCC2C1. The number of aryl methyl sites for hydroxylation is 1. The maximum atomic E-state index is 5.89. The number of nitrogens with one attached hydrogen (secondary N) is 1. The average Bonchev–Trinajstić information content (AvgIpc) is 2.80. The van der Waals surface area contributed by atoms with Crippen LogP contribution in [0.5, 0.6) is 0 Å². The molecule has 0 bridgehead atoms. The second-order valence-corrected chi connectivity index (χ2v) is 5.85. The van der Waals surface area contributed by atoms with Gasteiger partial charge in [0.2, 0.25) is 0 Å². The van der Waals surface area contributed by atoms with Gasteiger partial charge in [0.15, 0.2) is 0 Å². The largest absolute Gasteiger partial charge is 0.381 e. The second-order valence-electron chi connectivity index (χ2n) is 5.46. The minimum atomic E-state index is 0.573. The third-order valence-corrected chi connectivity index (χ3v) is 4.44. The summed E-state index contributed by atoms with van der Waals surface area (Å²) in [5.74, 6) is 0. The summed E-state index contributed by atoms with van der Waals surface area (Å²) in [5, 5.41) is 4.21. The van der Waals surface area contributed by atoms with E-state index in [-0.39, 0.29) is 0 Å². The molecule has 0 amide bonds. The lowest BCUT2D eigenvalue weighted by Gasteiger charge is -2.35. The predicted molar refractivity (Wildman–Crippen MR) is 75.2 cm³/mol. The van der Waals surface area contributed by atoms with Gasteiger partial charge in [0.25, 0.3) is 0 Å². The molecule has 2 saturated heterocycles. The summed E-state index contributed by atoms with van der Waals surface area (Å²) >= 11 is 5.89. The van der Waals surface area contributed by atoms with Gasteiger partial charge in [0.1, 0.15) is 5.15 Å². The van der Waals surface area contributed by atoms with Crippen LogP contribution in [0.25, 0.3) is 0 Å². The third-order valence-electron chi connectivity index (χ3n) is 4.23. The molecule has 2 aliphatic heterocycles. The van der Waals surface area contributed by atoms with Crippen molar-refractivity contribution >= 4 is 17.3 Å². The highest BCUT2D eigenvalue weighted by Crippen LogP contribution is 2.29.